The second-order valence-corrected chi connectivity index (χ2v) is 11.3. The molecule has 0 radical (unpaired) electrons. The summed E-state index contributed by atoms with van der Waals surface area (Å²) in [7, 11) is 1.37. The highest BCUT2D eigenvalue weighted by molar-refractivity contribution is 7.45. The number of carbonyl (C=O) groups excluding carboxylic acids is 1. The molecule has 0 aliphatic carbocycles. The molecule has 0 heterocycles. The Balaban J connectivity index is 3.95. The molecule has 0 aliphatic heterocycles. The first-order valence-corrected chi connectivity index (χ1v) is 14.3. The van der Waals surface area contributed by atoms with Gasteiger partial charge in [0.2, 0.25) is 5.91 Å². The summed E-state index contributed by atoms with van der Waals surface area (Å²) < 4.78 is 28.4. The van der Waals surface area contributed by atoms with E-state index in [0.717, 1.165) is 12.8 Å². The van der Waals surface area contributed by atoms with Crippen LogP contribution in [0.5, 0.6) is 0 Å². The zero-order valence-corrected chi connectivity index (χ0v) is 22.8. The molecule has 0 fully saturated rings. The van der Waals surface area contributed by atoms with Gasteiger partial charge in [0.05, 0.1) is 27.7 Å². The highest BCUT2D eigenvalue weighted by Crippen LogP contribution is 2.39. The molecule has 0 aliphatic rings. The number of hydrogen-bond donors (Lipinski definition) is 1. The van der Waals surface area contributed by atoms with Crippen LogP contribution in [-0.4, -0.2) is 70.5 Å². The largest absolute Gasteiger partial charge is 0.756 e. The van der Waals surface area contributed by atoms with Gasteiger partial charge in [-0.2, -0.15) is 0 Å². The molecule has 0 saturated carbocycles. The lowest BCUT2D eigenvalue weighted by Gasteiger charge is -2.30. The van der Waals surface area contributed by atoms with Crippen molar-refractivity contribution in [3.63, 3.8) is 0 Å². The van der Waals surface area contributed by atoms with Crippen LogP contribution in [-0.2, 0) is 23.1 Å². The van der Waals surface area contributed by atoms with Crippen LogP contribution in [0.4, 0.5) is 0 Å². The Morgan fingerprint density at radius 2 is 1.42 bits per heavy atom. The van der Waals surface area contributed by atoms with Gasteiger partial charge >= 0.3 is 0 Å². The highest BCUT2D eigenvalue weighted by Gasteiger charge is 2.20. The maximum atomic E-state index is 12.1. The van der Waals surface area contributed by atoms with Crippen LogP contribution in [0.1, 0.15) is 90.9 Å². The van der Waals surface area contributed by atoms with Gasteiger partial charge in [-0.1, -0.05) is 77.6 Å². The summed E-state index contributed by atoms with van der Waals surface area (Å²) in [6.45, 7) is 4.88. The normalized spacial score (nSPS) is 14.7. The minimum Gasteiger partial charge on any atom is -0.756 e. The van der Waals surface area contributed by atoms with Gasteiger partial charge in [0.15, 0.2) is 0 Å². The number of nitrogens with one attached hydrogen (secondary N) is 1. The Morgan fingerprint density at radius 3 is 1.91 bits per heavy atom. The van der Waals surface area contributed by atoms with Crippen LogP contribution in [0.15, 0.2) is 0 Å². The fourth-order valence-corrected chi connectivity index (χ4v) is 4.15. The minimum atomic E-state index is -4.47. The molecule has 8 nitrogen and oxygen atoms in total. The maximum absolute atomic E-state index is 12.1. The third-order valence-electron chi connectivity index (χ3n) is 5.31. The van der Waals surface area contributed by atoms with Crippen molar-refractivity contribution in [2.24, 2.45) is 0 Å². The number of nitrogens with zero attached hydrogens (tertiary/aromatic N) is 1. The first-order valence-electron chi connectivity index (χ1n) is 12.8. The lowest BCUT2D eigenvalue weighted by molar-refractivity contribution is -0.870. The average Bonchev–Trinajstić information content (AvgIpc) is 2.70. The molecule has 33 heavy (non-hydrogen) atoms. The van der Waals surface area contributed by atoms with E-state index in [1.807, 2.05) is 21.1 Å². The fourth-order valence-electron chi connectivity index (χ4n) is 3.28. The van der Waals surface area contributed by atoms with E-state index in [1.54, 1.807) is 0 Å². The molecule has 1 amide bonds. The van der Waals surface area contributed by atoms with Crippen molar-refractivity contribution >= 4 is 13.7 Å². The predicted molar refractivity (Wildman–Crippen MR) is 132 cm³/mol. The Labute approximate surface area is 202 Å². The van der Waals surface area contributed by atoms with Crippen molar-refractivity contribution in [3.05, 3.63) is 0 Å². The molecule has 0 aromatic heterocycles. The summed E-state index contributed by atoms with van der Waals surface area (Å²) in [6, 6.07) is 0. The van der Waals surface area contributed by atoms with Crippen LogP contribution in [0.3, 0.4) is 0 Å². The van der Waals surface area contributed by atoms with Crippen molar-refractivity contribution in [3.8, 4) is 0 Å². The Kier molecular flexibility index (Phi) is 19.5. The maximum Gasteiger partial charge on any atom is 0.268 e. The van der Waals surface area contributed by atoms with Crippen molar-refractivity contribution in [2.45, 2.75) is 97.0 Å². The first-order chi connectivity index (χ1) is 15.6. The van der Waals surface area contributed by atoms with Gasteiger partial charge in [0.1, 0.15) is 19.3 Å². The van der Waals surface area contributed by atoms with E-state index in [2.05, 4.69) is 12.2 Å². The van der Waals surface area contributed by atoms with E-state index >= 15 is 0 Å². The van der Waals surface area contributed by atoms with E-state index in [9.17, 15) is 14.3 Å². The molecule has 0 aromatic carbocycles. The van der Waals surface area contributed by atoms with Crippen LogP contribution in [0.2, 0.25) is 0 Å². The quantitative estimate of drug-likeness (QED) is 0.128. The minimum absolute atomic E-state index is 0.0385. The summed E-state index contributed by atoms with van der Waals surface area (Å²) in [6.07, 6.45) is 14.4. The number of unbranched alkanes of at least 4 members (excludes halogenated alkanes) is 11. The summed E-state index contributed by atoms with van der Waals surface area (Å²) >= 11 is 0. The third kappa shape index (κ3) is 24.4. The highest BCUT2D eigenvalue weighted by atomic mass is 31.2. The molecule has 2 unspecified atom stereocenters. The lowest BCUT2D eigenvalue weighted by Crippen LogP contribution is -2.38. The molecule has 0 rings (SSSR count). The third-order valence-corrected chi connectivity index (χ3v) is 6.37. The number of quaternary nitrogens is 1. The SMILES string of the molecule is CCCCCCCCCCCCCCOCC(CNC(C)=O)OP(=O)([O-])OCC[N+](C)(C)C. The van der Waals surface area contributed by atoms with Crippen LogP contribution >= 0.6 is 7.82 Å². The molecule has 0 bridgehead atoms. The molecule has 2 atom stereocenters. The van der Waals surface area contributed by atoms with E-state index in [-0.39, 0.29) is 25.7 Å². The number of phosphoric ester groups is 1. The van der Waals surface area contributed by atoms with Crippen LogP contribution in [0.25, 0.3) is 0 Å². The summed E-state index contributed by atoms with van der Waals surface area (Å²) in [5, 5.41) is 2.59. The predicted octanol–water partition coefficient (Wildman–Crippen LogP) is 4.42. The van der Waals surface area contributed by atoms with E-state index in [4.69, 9.17) is 13.8 Å². The van der Waals surface area contributed by atoms with Gasteiger partial charge in [-0.3, -0.25) is 9.36 Å². The van der Waals surface area contributed by atoms with Gasteiger partial charge < -0.3 is 28.5 Å². The van der Waals surface area contributed by atoms with Gasteiger partial charge in [-0.25, -0.2) is 0 Å². The Hall–Kier alpha value is -0.500. The first kappa shape index (κ1) is 32.5. The number of likely N-dealkylation sites (N-methyl/N-ethyl adjacent to an activating group) is 1. The van der Waals surface area contributed by atoms with E-state index in [1.165, 1.54) is 71.1 Å². The molecule has 9 heteroatoms. The number of rotatable bonds is 23. The summed E-state index contributed by atoms with van der Waals surface area (Å²) in [5.74, 6) is -0.253. The number of hydrogen-bond acceptors (Lipinski definition) is 6. The van der Waals surface area contributed by atoms with Gasteiger partial charge in [0.25, 0.3) is 7.82 Å². The van der Waals surface area contributed by atoms with Crippen molar-refractivity contribution in [1.29, 1.82) is 0 Å². The van der Waals surface area contributed by atoms with Crippen LogP contribution in [0, 0.1) is 0 Å². The smallest absolute Gasteiger partial charge is 0.268 e. The van der Waals surface area contributed by atoms with Crippen molar-refractivity contribution < 1.29 is 32.5 Å². The molecule has 0 spiro atoms. The zero-order valence-electron chi connectivity index (χ0n) is 21.9. The lowest BCUT2D eigenvalue weighted by atomic mass is 10.1. The second-order valence-electron chi connectivity index (χ2n) is 9.92. The topological polar surface area (TPSA) is 96.9 Å². The number of ether oxygens (including phenoxy) is 1. The molecule has 198 valence electrons. The number of phosphoric acid groups is 1. The zero-order chi connectivity index (χ0) is 25.0. The molecular weight excluding hydrogens is 443 g/mol. The van der Waals surface area contributed by atoms with Gasteiger partial charge in [-0.05, 0) is 6.42 Å². The summed E-state index contributed by atoms with van der Waals surface area (Å²) in [5.41, 5.74) is 0. The Morgan fingerprint density at radius 1 is 0.909 bits per heavy atom. The molecule has 0 aromatic rings. The van der Waals surface area contributed by atoms with Gasteiger partial charge in [0, 0.05) is 20.1 Å². The Bertz CT molecular complexity index is 528. The average molecular weight is 495 g/mol. The molecular formula is C24H51N2O6P. The number of carbonyl (C=O) groups is 1. The van der Waals surface area contributed by atoms with E-state index in [0.29, 0.717) is 17.6 Å². The van der Waals surface area contributed by atoms with Crippen molar-refractivity contribution in [2.75, 3.05) is 54.1 Å². The van der Waals surface area contributed by atoms with Crippen LogP contribution < -0.4 is 10.2 Å². The summed E-state index contributed by atoms with van der Waals surface area (Å²) in [4.78, 5) is 23.3. The van der Waals surface area contributed by atoms with Gasteiger partial charge in [-0.15, -0.1) is 0 Å². The number of amides is 1. The van der Waals surface area contributed by atoms with Crippen molar-refractivity contribution in [1.82, 2.24) is 5.32 Å². The standard InChI is InChI=1S/C24H51N2O6P/c1-6-7-8-9-10-11-12-13-14-15-16-17-19-30-22-24(21-25-23(2)27)32-33(28,29)31-20-18-26(3,4)5/h24H,6-22H2,1-5H3,(H-,25,27,28,29). The molecule has 0 saturated heterocycles. The fraction of sp³-hybridized carbons (Fsp3) is 0.958. The monoisotopic (exact) mass is 494 g/mol. The van der Waals surface area contributed by atoms with E-state index < -0.39 is 13.9 Å². The molecule has 1 N–H and O–H groups in total. The second kappa shape index (κ2) is 19.8.